The minimum atomic E-state index is -0.644. The minimum absolute atomic E-state index is 0.00532. The first-order valence-corrected chi connectivity index (χ1v) is 8.71. The minimum Gasteiger partial charge on any atom is -0.476 e. The van der Waals surface area contributed by atoms with Crippen LogP contribution in [-0.2, 0) is 6.42 Å². The summed E-state index contributed by atoms with van der Waals surface area (Å²) < 4.78 is 19.0. The summed E-state index contributed by atoms with van der Waals surface area (Å²) in [5.41, 5.74) is 12.7. The lowest BCUT2D eigenvalue weighted by Gasteiger charge is -2.14. The van der Waals surface area contributed by atoms with Crippen molar-refractivity contribution in [1.82, 2.24) is 9.97 Å². The van der Waals surface area contributed by atoms with Gasteiger partial charge in [0.15, 0.2) is 0 Å². The van der Waals surface area contributed by atoms with Gasteiger partial charge in [0, 0.05) is 18.2 Å². The zero-order valence-electron chi connectivity index (χ0n) is 15.6. The van der Waals surface area contributed by atoms with Gasteiger partial charge in [-0.15, -0.1) is 0 Å². The summed E-state index contributed by atoms with van der Waals surface area (Å²) >= 11 is 0. The Morgan fingerprint density at radius 1 is 1.13 bits per heavy atom. The van der Waals surface area contributed by atoms with E-state index in [4.69, 9.17) is 16.2 Å². The Bertz CT molecular complexity index is 1200. The van der Waals surface area contributed by atoms with Gasteiger partial charge in [-0.3, -0.25) is 9.78 Å². The van der Waals surface area contributed by atoms with Crippen molar-refractivity contribution in [1.29, 1.82) is 10.5 Å². The van der Waals surface area contributed by atoms with E-state index in [9.17, 15) is 19.7 Å². The molecule has 2 heterocycles. The number of nitrogens with two attached hydrogens (primary N) is 2. The first-order chi connectivity index (χ1) is 14.4. The molecule has 0 saturated heterocycles. The molecule has 0 spiro atoms. The molecule has 0 radical (unpaired) electrons. The SMILES string of the molecule is N#Cc1c(N)nc(OCCc2ccnc(C(N)=O)c2)c(C#N)c1-c1ccc(F)cc1. The fraction of sp³-hybridized carbons (Fsp3) is 0.0952. The van der Waals surface area contributed by atoms with Gasteiger partial charge in [-0.05, 0) is 35.4 Å². The second-order valence-corrected chi connectivity index (χ2v) is 6.17. The van der Waals surface area contributed by atoms with Crippen LogP contribution in [0.2, 0.25) is 0 Å². The smallest absolute Gasteiger partial charge is 0.267 e. The molecular weight excluding hydrogens is 387 g/mol. The molecule has 30 heavy (non-hydrogen) atoms. The molecule has 148 valence electrons. The zero-order valence-corrected chi connectivity index (χ0v) is 15.6. The van der Waals surface area contributed by atoms with Gasteiger partial charge in [0.25, 0.3) is 5.91 Å². The second kappa shape index (κ2) is 8.67. The number of anilines is 1. The number of ether oxygens (including phenoxy) is 1. The predicted molar refractivity (Wildman–Crippen MR) is 105 cm³/mol. The highest BCUT2D eigenvalue weighted by Crippen LogP contribution is 2.35. The fourth-order valence-electron chi connectivity index (χ4n) is 2.84. The number of hydrogen-bond acceptors (Lipinski definition) is 7. The molecular formula is C21H15FN6O2. The lowest BCUT2D eigenvalue weighted by molar-refractivity contribution is 0.0995. The standard InChI is InChI=1S/C21H15FN6O2/c22-14-3-1-13(2-4-14)18-15(10-23)19(25)28-21(16(18)11-24)30-8-6-12-5-7-27-17(9-12)20(26)29/h1-5,7,9H,6,8H2,(H2,25,28)(H2,26,29). The van der Waals surface area contributed by atoms with Gasteiger partial charge in [0.2, 0.25) is 5.88 Å². The molecule has 0 aliphatic rings. The van der Waals surface area contributed by atoms with Crippen LogP contribution in [0.5, 0.6) is 5.88 Å². The van der Waals surface area contributed by atoms with Crippen molar-refractivity contribution in [3.63, 3.8) is 0 Å². The monoisotopic (exact) mass is 402 g/mol. The molecule has 3 rings (SSSR count). The maximum atomic E-state index is 13.3. The lowest BCUT2D eigenvalue weighted by Crippen LogP contribution is -2.14. The van der Waals surface area contributed by atoms with Crippen LogP contribution in [0.4, 0.5) is 10.2 Å². The summed E-state index contributed by atoms with van der Waals surface area (Å²) in [7, 11) is 0. The Kier molecular flexibility index (Phi) is 5.85. The molecule has 9 heteroatoms. The average molecular weight is 402 g/mol. The Morgan fingerprint density at radius 2 is 1.83 bits per heavy atom. The number of pyridine rings is 2. The van der Waals surface area contributed by atoms with Crippen LogP contribution in [0.1, 0.15) is 27.2 Å². The Balaban J connectivity index is 1.93. The molecule has 0 aliphatic heterocycles. The molecule has 0 aliphatic carbocycles. The number of amides is 1. The molecule has 3 aromatic rings. The van der Waals surface area contributed by atoms with Gasteiger partial charge in [0.1, 0.15) is 40.6 Å². The number of carbonyl (C=O) groups excluding carboxylic acids is 1. The van der Waals surface area contributed by atoms with Crippen LogP contribution in [0, 0.1) is 28.5 Å². The molecule has 0 unspecified atom stereocenters. The van der Waals surface area contributed by atoms with Crippen molar-refractivity contribution in [2.24, 2.45) is 5.73 Å². The number of nitrogens with zero attached hydrogens (tertiary/aromatic N) is 4. The van der Waals surface area contributed by atoms with Gasteiger partial charge in [-0.1, -0.05) is 12.1 Å². The summed E-state index contributed by atoms with van der Waals surface area (Å²) in [6.45, 7) is 0.109. The number of carbonyl (C=O) groups is 1. The van der Waals surface area contributed by atoms with Gasteiger partial charge >= 0.3 is 0 Å². The van der Waals surface area contributed by atoms with E-state index in [0.29, 0.717) is 12.0 Å². The summed E-state index contributed by atoms with van der Waals surface area (Å²) in [5, 5.41) is 19.2. The van der Waals surface area contributed by atoms with Crippen molar-refractivity contribution >= 4 is 11.7 Å². The average Bonchev–Trinajstić information content (AvgIpc) is 2.74. The number of nitriles is 2. The highest BCUT2D eigenvalue weighted by Gasteiger charge is 2.21. The summed E-state index contributed by atoms with van der Waals surface area (Å²) in [5.74, 6) is -1.25. The van der Waals surface area contributed by atoms with E-state index in [1.54, 1.807) is 12.1 Å². The second-order valence-electron chi connectivity index (χ2n) is 6.17. The van der Waals surface area contributed by atoms with E-state index < -0.39 is 11.7 Å². The Morgan fingerprint density at radius 3 is 2.47 bits per heavy atom. The van der Waals surface area contributed by atoms with Gasteiger partial charge in [0.05, 0.1) is 6.61 Å². The van der Waals surface area contributed by atoms with E-state index in [2.05, 4.69) is 9.97 Å². The van der Waals surface area contributed by atoms with Gasteiger partial charge < -0.3 is 16.2 Å². The van der Waals surface area contributed by atoms with Crippen molar-refractivity contribution in [3.8, 4) is 29.1 Å². The third kappa shape index (κ3) is 4.16. The van der Waals surface area contributed by atoms with E-state index >= 15 is 0 Å². The normalized spacial score (nSPS) is 10.1. The van der Waals surface area contributed by atoms with Crippen LogP contribution >= 0.6 is 0 Å². The topological polar surface area (TPSA) is 152 Å². The lowest BCUT2D eigenvalue weighted by atomic mass is 9.96. The van der Waals surface area contributed by atoms with Crippen molar-refractivity contribution in [2.45, 2.75) is 6.42 Å². The molecule has 8 nitrogen and oxygen atoms in total. The summed E-state index contributed by atoms with van der Waals surface area (Å²) in [4.78, 5) is 19.2. The highest BCUT2D eigenvalue weighted by molar-refractivity contribution is 5.90. The maximum Gasteiger partial charge on any atom is 0.267 e. The predicted octanol–water partition coefficient (Wildman–Crippen LogP) is 2.33. The van der Waals surface area contributed by atoms with Crippen LogP contribution < -0.4 is 16.2 Å². The van der Waals surface area contributed by atoms with Gasteiger partial charge in [-0.25, -0.2) is 4.39 Å². The number of benzene rings is 1. The molecule has 1 aromatic carbocycles. The molecule has 0 bridgehead atoms. The molecule has 1 amide bonds. The molecule has 0 atom stereocenters. The van der Waals surface area contributed by atoms with Gasteiger partial charge in [-0.2, -0.15) is 15.5 Å². The largest absolute Gasteiger partial charge is 0.476 e. The quantitative estimate of drug-likeness (QED) is 0.642. The highest BCUT2D eigenvalue weighted by atomic mass is 19.1. The Labute approximate surface area is 171 Å². The number of primary amides is 1. The van der Waals surface area contributed by atoms with Crippen LogP contribution in [0.3, 0.4) is 0 Å². The zero-order chi connectivity index (χ0) is 21.7. The van der Waals surface area contributed by atoms with E-state index in [1.807, 2.05) is 12.1 Å². The summed E-state index contributed by atoms with van der Waals surface area (Å²) in [6, 6.07) is 12.5. The van der Waals surface area contributed by atoms with Crippen LogP contribution in [-0.4, -0.2) is 22.5 Å². The number of hydrogen-bond donors (Lipinski definition) is 2. The number of halogens is 1. The van der Waals surface area contributed by atoms with Crippen molar-refractivity contribution in [3.05, 3.63) is 70.8 Å². The first-order valence-electron chi connectivity index (χ1n) is 8.71. The molecule has 4 N–H and O–H groups in total. The van der Waals surface area contributed by atoms with Crippen LogP contribution in [0.25, 0.3) is 11.1 Å². The summed E-state index contributed by atoms with van der Waals surface area (Å²) in [6.07, 6.45) is 1.84. The maximum absolute atomic E-state index is 13.3. The number of nitrogen functional groups attached to an aromatic ring is 1. The Hall–Kier alpha value is -4.50. The fourth-order valence-corrected chi connectivity index (χ4v) is 2.84. The number of aromatic nitrogens is 2. The third-order valence-electron chi connectivity index (χ3n) is 4.25. The van der Waals surface area contributed by atoms with E-state index in [1.165, 1.54) is 30.5 Å². The molecule has 0 fully saturated rings. The first kappa shape index (κ1) is 20.2. The van der Waals surface area contributed by atoms with E-state index in [-0.39, 0.29) is 40.7 Å². The van der Waals surface area contributed by atoms with Crippen molar-refractivity contribution < 1.29 is 13.9 Å². The molecule has 0 saturated carbocycles. The third-order valence-corrected chi connectivity index (χ3v) is 4.25. The van der Waals surface area contributed by atoms with E-state index in [0.717, 1.165) is 5.56 Å². The number of rotatable bonds is 6. The molecule has 2 aromatic heterocycles. The van der Waals surface area contributed by atoms with Crippen LogP contribution in [0.15, 0.2) is 42.6 Å². The van der Waals surface area contributed by atoms with Crippen molar-refractivity contribution in [2.75, 3.05) is 12.3 Å².